The highest BCUT2D eigenvalue weighted by Gasteiger charge is 2.36. The van der Waals surface area contributed by atoms with Gasteiger partial charge in [0.2, 0.25) is 5.92 Å². The van der Waals surface area contributed by atoms with Gasteiger partial charge in [0.15, 0.2) is 0 Å². The summed E-state index contributed by atoms with van der Waals surface area (Å²) >= 11 is 0. The van der Waals surface area contributed by atoms with Gasteiger partial charge in [-0.1, -0.05) is 30.3 Å². The van der Waals surface area contributed by atoms with Crippen LogP contribution in [0.1, 0.15) is 35.2 Å². The van der Waals surface area contributed by atoms with Crippen molar-refractivity contribution >= 4 is 28.3 Å². The number of fused-ring (bicyclic) bond motifs is 1. The van der Waals surface area contributed by atoms with Crippen LogP contribution in [0.4, 0.5) is 20.3 Å². The Morgan fingerprint density at radius 1 is 1.06 bits per heavy atom. The molecule has 33 heavy (non-hydrogen) atoms. The molecule has 0 radical (unpaired) electrons. The van der Waals surface area contributed by atoms with Crippen molar-refractivity contribution in [1.29, 1.82) is 0 Å². The van der Waals surface area contributed by atoms with E-state index in [1.807, 2.05) is 42.5 Å². The summed E-state index contributed by atoms with van der Waals surface area (Å²) in [7, 11) is 0. The standard InChI is InChI=1S/C25H26F2N4O2/c26-25(27)9-4-11-31(12-10-25)22-20(13-17-5-1-2-8-21(17)30-22)23(32)29-19-7-3-6-18(14-19)24(28)15-33-16-24/h1-3,5-8,13-14H,4,9-12,15-16,28H2,(H,29,32). The van der Waals surface area contributed by atoms with Gasteiger partial charge in [-0.05, 0) is 36.2 Å². The first-order chi connectivity index (χ1) is 15.8. The molecular weight excluding hydrogens is 426 g/mol. The van der Waals surface area contributed by atoms with Crippen molar-refractivity contribution in [3.63, 3.8) is 0 Å². The number of rotatable bonds is 4. The minimum absolute atomic E-state index is 0.143. The number of aromatic nitrogens is 1. The quantitative estimate of drug-likeness (QED) is 0.617. The largest absolute Gasteiger partial charge is 0.377 e. The number of para-hydroxylation sites is 1. The fourth-order valence-electron chi connectivity index (χ4n) is 4.38. The monoisotopic (exact) mass is 452 g/mol. The number of benzene rings is 2. The van der Waals surface area contributed by atoms with Gasteiger partial charge < -0.3 is 20.7 Å². The predicted octanol–water partition coefficient (Wildman–Crippen LogP) is 4.30. The van der Waals surface area contributed by atoms with Crippen molar-refractivity contribution in [2.75, 3.05) is 36.5 Å². The number of nitrogens with zero attached hydrogens (tertiary/aromatic N) is 2. The molecule has 3 heterocycles. The molecule has 2 saturated heterocycles. The molecule has 3 aromatic rings. The van der Waals surface area contributed by atoms with E-state index in [1.54, 1.807) is 17.0 Å². The summed E-state index contributed by atoms with van der Waals surface area (Å²) < 4.78 is 33.2. The lowest BCUT2D eigenvalue weighted by atomic mass is 9.89. The predicted molar refractivity (Wildman–Crippen MR) is 124 cm³/mol. The van der Waals surface area contributed by atoms with Crippen LogP contribution in [-0.2, 0) is 10.3 Å². The normalized spacial score (nSPS) is 19.5. The van der Waals surface area contributed by atoms with Crippen LogP contribution >= 0.6 is 0 Å². The summed E-state index contributed by atoms with van der Waals surface area (Å²) in [5.74, 6) is -2.60. The maximum absolute atomic E-state index is 14.0. The third kappa shape index (κ3) is 4.41. The van der Waals surface area contributed by atoms with Gasteiger partial charge in [0.05, 0.1) is 29.8 Å². The molecule has 2 aromatic carbocycles. The Balaban J connectivity index is 1.48. The van der Waals surface area contributed by atoms with Crippen LogP contribution in [0.25, 0.3) is 10.9 Å². The summed E-state index contributed by atoms with van der Waals surface area (Å²) in [6, 6.07) is 16.7. The van der Waals surface area contributed by atoms with Crippen molar-refractivity contribution in [3.8, 4) is 0 Å². The molecule has 0 aliphatic carbocycles. The summed E-state index contributed by atoms with van der Waals surface area (Å²) in [5.41, 5.74) is 8.37. The second kappa shape index (κ2) is 8.35. The number of nitrogens with one attached hydrogen (secondary N) is 1. The van der Waals surface area contributed by atoms with E-state index in [-0.39, 0.29) is 25.3 Å². The lowest BCUT2D eigenvalue weighted by Crippen LogP contribution is -2.54. The minimum atomic E-state index is -2.70. The number of amides is 1. The van der Waals surface area contributed by atoms with E-state index >= 15 is 0 Å². The third-order valence-electron chi connectivity index (χ3n) is 6.38. The number of pyridine rings is 1. The van der Waals surface area contributed by atoms with E-state index in [1.165, 1.54) is 0 Å². The molecule has 3 N–H and O–H groups in total. The van der Waals surface area contributed by atoms with Gasteiger partial charge >= 0.3 is 0 Å². The summed E-state index contributed by atoms with van der Waals surface area (Å²) in [6.45, 7) is 1.43. The van der Waals surface area contributed by atoms with Crippen LogP contribution in [0.2, 0.25) is 0 Å². The van der Waals surface area contributed by atoms with Gasteiger partial charge in [0, 0.05) is 37.0 Å². The lowest BCUT2D eigenvalue weighted by Gasteiger charge is -2.38. The highest BCUT2D eigenvalue weighted by molar-refractivity contribution is 6.09. The molecule has 172 valence electrons. The summed E-state index contributed by atoms with van der Waals surface area (Å²) in [6.07, 6.45) is -0.0769. The molecule has 0 spiro atoms. The molecule has 0 bridgehead atoms. The van der Waals surface area contributed by atoms with Crippen LogP contribution < -0.4 is 16.0 Å². The highest BCUT2D eigenvalue weighted by Crippen LogP contribution is 2.33. The molecule has 1 amide bonds. The molecule has 0 saturated carbocycles. The van der Waals surface area contributed by atoms with Gasteiger partial charge in [-0.2, -0.15) is 0 Å². The average Bonchev–Trinajstić information content (AvgIpc) is 2.97. The van der Waals surface area contributed by atoms with Crippen molar-refractivity contribution in [2.24, 2.45) is 5.73 Å². The molecule has 5 rings (SSSR count). The third-order valence-corrected chi connectivity index (χ3v) is 6.38. The second-order valence-corrected chi connectivity index (χ2v) is 8.93. The molecular formula is C25H26F2N4O2. The average molecular weight is 453 g/mol. The Bertz CT molecular complexity index is 1200. The molecule has 0 atom stereocenters. The van der Waals surface area contributed by atoms with Crippen LogP contribution in [0.15, 0.2) is 54.6 Å². The van der Waals surface area contributed by atoms with Gasteiger partial charge in [-0.15, -0.1) is 0 Å². The number of hydrogen-bond acceptors (Lipinski definition) is 5. The Hall–Kier alpha value is -3.10. The van der Waals surface area contributed by atoms with Gasteiger partial charge in [0.25, 0.3) is 5.91 Å². The van der Waals surface area contributed by atoms with E-state index in [0.29, 0.717) is 43.2 Å². The van der Waals surface area contributed by atoms with Crippen molar-refractivity contribution in [1.82, 2.24) is 4.98 Å². The first-order valence-electron chi connectivity index (χ1n) is 11.1. The van der Waals surface area contributed by atoms with Gasteiger partial charge in [-0.3, -0.25) is 4.79 Å². The van der Waals surface area contributed by atoms with E-state index in [0.717, 1.165) is 16.5 Å². The van der Waals surface area contributed by atoms with Crippen molar-refractivity contribution in [2.45, 2.75) is 30.7 Å². The number of hydrogen-bond donors (Lipinski definition) is 2. The Labute approximate surface area is 190 Å². The minimum Gasteiger partial charge on any atom is -0.377 e. The van der Waals surface area contributed by atoms with Gasteiger partial charge in [0.1, 0.15) is 5.82 Å². The maximum Gasteiger partial charge on any atom is 0.259 e. The molecule has 1 aromatic heterocycles. The highest BCUT2D eigenvalue weighted by atomic mass is 19.3. The number of nitrogens with two attached hydrogens (primary N) is 1. The topological polar surface area (TPSA) is 80.5 Å². The Morgan fingerprint density at radius 2 is 1.88 bits per heavy atom. The Kier molecular flexibility index (Phi) is 5.50. The van der Waals surface area contributed by atoms with E-state index in [4.69, 9.17) is 15.5 Å². The van der Waals surface area contributed by atoms with E-state index in [9.17, 15) is 13.6 Å². The van der Waals surface area contributed by atoms with Crippen LogP contribution in [0.3, 0.4) is 0 Å². The van der Waals surface area contributed by atoms with Crippen molar-refractivity contribution in [3.05, 3.63) is 65.7 Å². The first kappa shape index (κ1) is 21.7. The zero-order valence-electron chi connectivity index (χ0n) is 18.2. The lowest BCUT2D eigenvalue weighted by molar-refractivity contribution is -0.0568. The van der Waals surface area contributed by atoms with E-state index < -0.39 is 11.5 Å². The number of carbonyl (C=O) groups is 1. The summed E-state index contributed by atoms with van der Waals surface area (Å²) in [5, 5.41) is 3.76. The molecule has 8 heteroatoms. The SMILES string of the molecule is NC1(c2cccc(NC(=O)c3cc4ccccc4nc3N3CCCC(F)(F)CC3)c2)COC1. The molecule has 2 aliphatic heterocycles. The number of halogens is 2. The number of anilines is 2. The van der Waals surface area contributed by atoms with Crippen LogP contribution in [0.5, 0.6) is 0 Å². The zero-order chi connectivity index (χ0) is 23.1. The van der Waals surface area contributed by atoms with Crippen LogP contribution in [-0.4, -0.2) is 43.1 Å². The maximum atomic E-state index is 14.0. The fraction of sp³-hybridized carbons (Fsp3) is 0.360. The van der Waals surface area contributed by atoms with Crippen molar-refractivity contribution < 1.29 is 18.3 Å². The zero-order valence-corrected chi connectivity index (χ0v) is 18.2. The fourth-order valence-corrected chi connectivity index (χ4v) is 4.38. The molecule has 2 fully saturated rings. The Morgan fingerprint density at radius 3 is 2.67 bits per heavy atom. The summed E-state index contributed by atoms with van der Waals surface area (Å²) in [4.78, 5) is 19.9. The van der Waals surface area contributed by atoms with Gasteiger partial charge in [-0.25, -0.2) is 13.8 Å². The number of ether oxygens (including phenoxy) is 1. The number of alkyl halides is 2. The molecule has 6 nitrogen and oxygen atoms in total. The van der Waals surface area contributed by atoms with E-state index in [2.05, 4.69) is 5.32 Å². The smallest absolute Gasteiger partial charge is 0.259 e. The molecule has 2 aliphatic rings. The molecule has 0 unspecified atom stereocenters. The number of carbonyl (C=O) groups excluding carboxylic acids is 1. The first-order valence-corrected chi connectivity index (χ1v) is 11.1. The second-order valence-electron chi connectivity index (χ2n) is 8.93. The van der Waals surface area contributed by atoms with Crippen LogP contribution in [0, 0.1) is 0 Å².